The first kappa shape index (κ1) is 26.3. The minimum Gasteiger partial charge on any atom is -0.418 e. The standard InChI is InChI=1S/C16H12ClN5O2.C10H9ClN2O2/c1-10(24-22-14-8-3-2-7-13(14)18-21-22)15-19-20-16(23-15)11-5-4-6-12(17)9-11;1-6(14)9-12-13-10(15-9)7-3-2-4-8(11)5-7/h2-10H,1H3;2-6,14H,1H3. The average molecular weight is 566 g/mol. The lowest BCUT2D eigenvalue weighted by Gasteiger charge is -2.09. The number of aromatic nitrogens is 7. The van der Waals surface area contributed by atoms with Gasteiger partial charge in [-0.2, -0.15) is 0 Å². The summed E-state index contributed by atoms with van der Waals surface area (Å²) in [6, 6.07) is 21.8. The van der Waals surface area contributed by atoms with E-state index in [0.29, 0.717) is 27.7 Å². The van der Waals surface area contributed by atoms with E-state index in [1.54, 1.807) is 44.2 Å². The van der Waals surface area contributed by atoms with Gasteiger partial charge in [0.1, 0.15) is 17.1 Å². The van der Waals surface area contributed by atoms with Gasteiger partial charge in [0.05, 0.1) is 0 Å². The van der Waals surface area contributed by atoms with Crippen molar-refractivity contribution in [2.45, 2.75) is 26.1 Å². The second kappa shape index (κ2) is 11.6. The molecule has 0 aliphatic carbocycles. The van der Waals surface area contributed by atoms with E-state index in [0.717, 1.165) is 22.2 Å². The summed E-state index contributed by atoms with van der Waals surface area (Å²) in [5.41, 5.74) is 3.00. The van der Waals surface area contributed by atoms with Crippen molar-refractivity contribution in [3.8, 4) is 22.9 Å². The largest absolute Gasteiger partial charge is 0.418 e. The quantitative estimate of drug-likeness (QED) is 0.264. The second-order valence-electron chi connectivity index (χ2n) is 8.29. The zero-order chi connectivity index (χ0) is 27.4. The fraction of sp³-hybridized carbons (Fsp3) is 0.154. The molecule has 0 bridgehead atoms. The number of hydrogen-bond donors (Lipinski definition) is 1. The number of fused-ring (bicyclic) bond motifs is 1. The molecule has 0 radical (unpaired) electrons. The van der Waals surface area contributed by atoms with Crippen molar-refractivity contribution < 1.29 is 18.8 Å². The number of para-hydroxylation sites is 1. The van der Waals surface area contributed by atoms with Gasteiger partial charge in [0.15, 0.2) is 0 Å². The number of nitrogens with zero attached hydrogens (tertiary/aromatic N) is 7. The molecular formula is C26H21Cl2N7O4. The summed E-state index contributed by atoms with van der Waals surface area (Å²) >= 11 is 11.8. The van der Waals surface area contributed by atoms with Crippen LogP contribution in [0.2, 0.25) is 10.0 Å². The number of halogens is 2. The molecule has 13 heteroatoms. The Kier molecular flexibility index (Phi) is 7.82. The van der Waals surface area contributed by atoms with Gasteiger partial charge in [0.25, 0.3) is 5.89 Å². The van der Waals surface area contributed by atoms with Crippen molar-refractivity contribution in [1.29, 1.82) is 0 Å². The first-order valence-electron chi connectivity index (χ1n) is 11.7. The molecule has 2 unspecified atom stereocenters. The van der Waals surface area contributed by atoms with Gasteiger partial charge in [-0.1, -0.05) is 52.3 Å². The molecular weight excluding hydrogens is 545 g/mol. The van der Waals surface area contributed by atoms with Gasteiger partial charge in [-0.3, -0.25) is 0 Å². The van der Waals surface area contributed by atoms with Crippen molar-refractivity contribution in [3.05, 3.63) is 94.6 Å². The lowest BCUT2D eigenvalue weighted by molar-refractivity contribution is 0.0147. The van der Waals surface area contributed by atoms with Crippen LogP contribution in [0.25, 0.3) is 33.9 Å². The Balaban J connectivity index is 0.000000177. The molecule has 6 rings (SSSR count). The molecule has 198 valence electrons. The number of aliphatic hydroxyl groups is 1. The monoisotopic (exact) mass is 565 g/mol. The van der Waals surface area contributed by atoms with E-state index >= 15 is 0 Å². The third kappa shape index (κ3) is 6.23. The van der Waals surface area contributed by atoms with Crippen LogP contribution >= 0.6 is 23.2 Å². The maximum atomic E-state index is 9.22. The van der Waals surface area contributed by atoms with E-state index in [2.05, 4.69) is 30.7 Å². The fourth-order valence-corrected chi connectivity index (χ4v) is 3.78. The van der Waals surface area contributed by atoms with Crippen LogP contribution in [0.1, 0.15) is 37.8 Å². The molecule has 0 saturated heterocycles. The van der Waals surface area contributed by atoms with E-state index in [-0.39, 0.29) is 5.89 Å². The highest BCUT2D eigenvalue weighted by Gasteiger charge is 2.19. The smallest absolute Gasteiger partial charge is 0.259 e. The fourth-order valence-electron chi connectivity index (χ4n) is 3.40. The van der Waals surface area contributed by atoms with Gasteiger partial charge in [0.2, 0.25) is 23.8 Å². The highest BCUT2D eigenvalue weighted by Crippen LogP contribution is 2.25. The Morgan fingerprint density at radius 3 is 1.92 bits per heavy atom. The summed E-state index contributed by atoms with van der Waals surface area (Å²) in [4.78, 5) is 7.10. The minimum atomic E-state index is -0.759. The van der Waals surface area contributed by atoms with Crippen LogP contribution in [0.3, 0.4) is 0 Å². The Morgan fingerprint density at radius 1 is 0.744 bits per heavy atom. The Labute approximate surface area is 231 Å². The van der Waals surface area contributed by atoms with Crippen LogP contribution in [0.15, 0.2) is 81.6 Å². The van der Waals surface area contributed by atoms with E-state index in [1.807, 2.05) is 42.5 Å². The normalized spacial score (nSPS) is 12.5. The van der Waals surface area contributed by atoms with E-state index in [1.165, 1.54) is 4.85 Å². The van der Waals surface area contributed by atoms with Gasteiger partial charge in [-0.15, -0.1) is 25.5 Å². The summed E-state index contributed by atoms with van der Waals surface area (Å²) in [6.45, 7) is 3.36. The summed E-state index contributed by atoms with van der Waals surface area (Å²) in [6.07, 6.45) is -1.25. The van der Waals surface area contributed by atoms with Gasteiger partial charge < -0.3 is 18.8 Å². The van der Waals surface area contributed by atoms with Crippen molar-refractivity contribution in [2.24, 2.45) is 0 Å². The van der Waals surface area contributed by atoms with Crippen LogP contribution in [-0.4, -0.2) is 40.7 Å². The van der Waals surface area contributed by atoms with Crippen molar-refractivity contribution >= 4 is 34.2 Å². The van der Waals surface area contributed by atoms with Gasteiger partial charge in [0, 0.05) is 21.2 Å². The lowest BCUT2D eigenvalue weighted by atomic mass is 10.2. The van der Waals surface area contributed by atoms with Crippen LogP contribution in [-0.2, 0) is 0 Å². The predicted octanol–water partition coefficient (Wildman–Crippen LogP) is 5.77. The molecule has 3 aromatic heterocycles. The Morgan fingerprint density at radius 2 is 1.33 bits per heavy atom. The van der Waals surface area contributed by atoms with Crippen LogP contribution in [0.4, 0.5) is 0 Å². The van der Waals surface area contributed by atoms with Crippen molar-refractivity contribution in [2.75, 3.05) is 0 Å². The molecule has 39 heavy (non-hydrogen) atoms. The third-order valence-corrected chi connectivity index (χ3v) is 5.78. The zero-order valence-corrected chi connectivity index (χ0v) is 22.2. The summed E-state index contributed by atoms with van der Waals surface area (Å²) in [5, 5.41) is 34.0. The molecule has 3 heterocycles. The molecule has 0 fully saturated rings. The molecule has 2 atom stereocenters. The number of aliphatic hydroxyl groups excluding tert-OH is 1. The van der Waals surface area contributed by atoms with Crippen LogP contribution in [0, 0.1) is 0 Å². The van der Waals surface area contributed by atoms with Gasteiger partial charge >= 0.3 is 0 Å². The number of rotatable bonds is 6. The van der Waals surface area contributed by atoms with Gasteiger partial charge in [-0.05, 0) is 67.6 Å². The van der Waals surface area contributed by atoms with E-state index in [4.69, 9.17) is 36.9 Å². The average Bonchev–Trinajstić information content (AvgIpc) is 3.70. The van der Waals surface area contributed by atoms with Crippen molar-refractivity contribution in [1.82, 2.24) is 35.6 Å². The molecule has 0 saturated carbocycles. The van der Waals surface area contributed by atoms with Crippen LogP contribution in [0.5, 0.6) is 0 Å². The summed E-state index contributed by atoms with van der Waals surface area (Å²) in [7, 11) is 0. The first-order chi connectivity index (χ1) is 18.9. The third-order valence-electron chi connectivity index (χ3n) is 5.31. The maximum Gasteiger partial charge on any atom is 0.259 e. The van der Waals surface area contributed by atoms with Gasteiger partial charge in [-0.25, -0.2) is 0 Å². The summed E-state index contributed by atoms with van der Waals surface area (Å²) < 4.78 is 10.9. The Bertz CT molecular complexity index is 1700. The molecule has 11 nitrogen and oxygen atoms in total. The topological polar surface area (TPSA) is 138 Å². The molecule has 6 aromatic rings. The first-order valence-corrected chi connectivity index (χ1v) is 12.5. The molecule has 3 aromatic carbocycles. The lowest BCUT2D eigenvalue weighted by Crippen LogP contribution is -2.17. The second-order valence-corrected chi connectivity index (χ2v) is 9.16. The molecule has 1 N–H and O–H groups in total. The highest BCUT2D eigenvalue weighted by molar-refractivity contribution is 6.31. The number of hydrogen-bond acceptors (Lipinski definition) is 10. The maximum absolute atomic E-state index is 9.22. The minimum absolute atomic E-state index is 0.199. The summed E-state index contributed by atoms with van der Waals surface area (Å²) in [5.74, 6) is 1.27. The van der Waals surface area contributed by atoms with Crippen LogP contribution < -0.4 is 4.84 Å². The molecule has 0 aliphatic rings. The Hall–Kier alpha value is -4.32. The van der Waals surface area contributed by atoms with E-state index < -0.39 is 12.2 Å². The predicted molar refractivity (Wildman–Crippen MR) is 143 cm³/mol. The molecule has 0 amide bonds. The van der Waals surface area contributed by atoms with Crippen molar-refractivity contribution in [3.63, 3.8) is 0 Å². The van der Waals surface area contributed by atoms with E-state index in [9.17, 15) is 5.11 Å². The highest BCUT2D eigenvalue weighted by atomic mass is 35.5. The zero-order valence-electron chi connectivity index (χ0n) is 20.6. The SMILES string of the molecule is CC(O)c1nnc(-c2cccc(Cl)c2)o1.CC(On1nnc2ccccc21)c1nnc(-c2cccc(Cl)c2)o1. The molecule has 0 aliphatic heterocycles. The molecule has 0 spiro atoms. The number of benzene rings is 3.